The average Bonchev–Trinajstić information content (AvgIpc) is 1.65. The SMILES string of the molecule is COC(=O)[C@H](C)[NH-].[Na+]. The fourth-order valence-electron chi connectivity index (χ4n) is 0.177. The molecule has 42 valence electrons. The van der Waals surface area contributed by atoms with Crippen LogP contribution in [0.2, 0.25) is 0 Å². The predicted octanol–water partition coefficient (Wildman–Crippen LogP) is -2.40. The Bertz CT molecular complexity index is 74.4. The number of hydrogen-bond acceptors (Lipinski definition) is 2. The smallest absolute Gasteiger partial charge is 0.666 e. The van der Waals surface area contributed by atoms with E-state index in [1.807, 2.05) is 0 Å². The van der Waals surface area contributed by atoms with E-state index in [9.17, 15) is 4.79 Å². The predicted molar refractivity (Wildman–Crippen MR) is 25.8 cm³/mol. The largest absolute Gasteiger partial charge is 1.00 e. The Kier molecular flexibility index (Phi) is 7.83. The Morgan fingerprint density at radius 2 is 2.12 bits per heavy atom. The maximum Gasteiger partial charge on any atom is 1.00 e. The first-order valence-electron chi connectivity index (χ1n) is 1.97. The Balaban J connectivity index is 0. The topological polar surface area (TPSA) is 50.1 Å². The van der Waals surface area contributed by atoms with Crippen LogP contribution in [-0.2, 0) is 9.53 Å². The molecule has 0 rings (SSSR count). The molecule has 8 heavy (non-hydrogen) atoms. The minimum absolute atomic E-state index is 0. The zero-order chi connectivity index (χ0) is 5.86. The zero-order valence-electron chi connectivity index (χ0n) is 5.39. The molecule has 0 fully saturated rings. The quantitative estimate of drug-likeness (QED) is 0.290. The third-order valence-corrected chi connectivity index (χ3v) is 0.555. The Morgan fingerprint density at radius 3 is 2.12 bits per heavy atom. The zero-order valence-corrected chi connectivity index (χ0v) is 7.39. The van der Waals surface area contributed by atoms with Gasteiger partial charge < -0.3 is 10.5 Å². The molecule has 0 aliphatic heterocycles. The molecule has 1 atom stereocenters. The van der Waals surface area contributed by atoms with Crippen LogP contribution in [0.4, 0.5) is 0 Å². The first kappa shape index (κ1) is 11.3. The summed E-state index contributed by atoms with van der Waals surface area (Å²) in [7, 11) is 1.27. The molecule has 0 aromatic rings. The molecule has 0 amide bonds. The van der Waals surface area contributed by atoms with E-state index < -0.39 is 12.0 Å². The van der Waals surface area contributed by atoms with Crippen LogP contribution in [0.3, 0.4) is 0 Å². The number of ether oxygens (including phenoxy) is 1. The van der Waals surface area contributed by atoms with Gasteiger partial charge in [0.2, 0.25) is 0 Å². The third kappa shape index (κ3) is 4.59. The van der Waals surface area contributed by atoms with Gasteiger partial charge in [-0.05, 0) is 6.04 Å². The van der Waals surface area contributed by atoms with Crippen LogP contribution in [0, 0.1) is 0 Å². The molecule has 0 unspecified atom stereocenters. The van der Waals surface area contributed by atoms with E-state index in [4.69, 9.17) is 5.73 Å². The van der Waals surface area contributed by atoms with Crippen LogP contribution >= 0.6 is 0 Å². The fraction of sp³-hybridized carbons (Fsp3) is 0.750. The van der Waals surface area contributed by atoms with Crippen LogP contribution in [0.1, 0.15) is 6.92 Å². The van der Waals surface area contributed by atoms with Crippen LogP contribution < -0.4 is 29.6 Å². The van der Waals surface area contributed by atoms with Gasteiger partial charge in [-0.1, -0.05) is 6.92 Å². The number of carbonyl (C=O) groups is 1. The van der Waals surface area contributed by atoms with E-state index in [0.29, 0.717) is 0 Å². The summed E-state index contributed by atoms with van der Waals surface area (Å²) in [5.74, 6) is -0.486. The average molecular weight is 125 g/mol. The van der Waals surface area contributed by atoms with Crippen LogP contribution in [-0.4, -0.2) is 19.1 Å². The maximum absolute atomic E-state index is 10.1. The van der Waals surface area contributed by atoms with Crippen molar-refractivity contribution in [3.8, 4) is 0 Å². The monoisotopic (exact) mass is 125 g/mol. The van der Waals surface area contributed by atoms with Gasteiger partial charge >= 0.3 is 29.6 Å². The van der Waals surface area contributed by atoms with Crippen LogP contribution in [0.25, 0.3) is 5.73 Å². The molecule has 0 aliphatic rings. The van der Waals surface area contributed by atoms with Crippen LogP contribution in [0.15, 0.2) is 0 Å². The minimum Gasteiger partial charge on any atom is -0.666 e. The van der Waals surface area contributed by atoms with Crippen molar-refractivity contribution in [3.05, 3.63) is 5.73 Å². The van der Waals surface area contributed by atoms with Crippen molar-refractivity contribution in [2.24, 2.45) is 0 Å². The molecule has 4 heteroatoms. The Labute approximate surface area is 70.9 Å². The molecule has 3 nitrogen and oxygen atoms in total. The summed E-state index contributed by atoms with van der Waals surface area (Å²) < 4.78 is 4.19. The van der Waals surface area contributed by atoms with Gasteiger partial charge in [0.1, 0.15) is 0 Å². The van der Waals surface area contributed by atoms with E-state index in [1.54, 1.807) is 0 Å². The summed E-state index contributed by atoms with van der Waals surface area (Å²) in [4.78, 5) is 10.1. The summed E-state index contributed by atoms with van der Waals surface area (Å²) in [5, 5.41) is 0. The van der Waals surface area contributed by atoms with Crippen LogP contribution in [0.5, 0.6) is 0 Å². The van der Waals surface area contributed by atoms with E-state index in [1.165, 1.54) is 14.0 Å². The van der Waals surface area contributed by atoms with E-state index in [0.717, 1.165) is 0 Å². The van der Waals surface area contributed by atoms with Crippen molar-refractivity contribution >= 4 is 5.97 Å². The molecule has 0 spiro atoms. The van der Waals surface area contributed by atoms with Crippen molar-refractivity contribution in [3.63, 3.8) is 0 Å². The molecule has 0 heterocycles. The summed E-state index contributed by atoms with van der Waals surface area (Å²) in [6, 6.07) is -0.745. The molecule has 0 aliphatic carbocycles. The van der Waals surface area contributed by atoms with Crippen molar-refractivity contribution in [1.82, 2.24) is 0 Å². The second kappa shape index (κ2) is 5.56. The Hall–Kier alpha value is 0.430. The van der Waals surface area contributed by atoms with Gasteiger partial charge in [0.05, 0.1) is 7.11 Å². The first-order valence-corrected chi connectivity index (χ1v) is 1.97. The van der Waals surface area contributed by atoms with Crippen molar-refractivity contribution < 1.29 is 39.1 Å². The summed E-state index contributed by atoms with van der Waals surface area (Å²) in [6.45, 7) is 1.46. The summed E-state index contributed by atoms with van der Waals surface area (Å²) in [6.07, 6.45) is 0. The van der Waals surface area contributed by atoms with Gasteiger partial charge in [0.15, 0.2) is 0 Å². The van der Waals surface area contributed by atoms with Gasteiger partial charge in [0, 0.05) is 0 Å². The molecule has 0 saturated heterocycles. The normalized spacial score (nSPS) is 11.4. The second-order valence-corrected chi connectivity index (χ2v) is 1.24. The number of esters is 1. The molecular weight excluding hydrogens is 117 g/mol. The maximum atomic E-state index is 10.1. The van der Waals surface area contributed by atoms with Crippen molar-refractivity contribution in [1.29, 1.82) is 0 Å². The van der Waals surface area contributed by atoms with Gasteiger partial charge in [-0.25, -0.2) is 0 Å². The summed E-state index contributed by atoms with van der Waals surface area (Å²) >= 11 is 0. The van der Waals surface area contributed by atoms with Gasteiger partial charge in [-0.15, -0.1) is 0 Å². The second-order valence-electron chi connectivity index (χ2n) is 1.24. The first-order chi connectivity index (χ1) is 3.18. The van der Waals surface area contributed by atoms with Gasteiger partial charge in [0.25, 0.3) is 5.97 Å². The van der Waals surface area contributed by atoms with Crippen molar-refractivity contribution in [2.75, 3.05) is 7.11 Å². The van der Waals surface area contributed by atoms with E-state index >= 15 is 0 Å². The molecular formula is C4H8NNaO2. The molecule has 0 radical (unpaired) electrons. The number of carbonyl (C=O) groups excluding carboxylic acids is 1. The number of methoxy groups -OCH3 is 1. The number of nitrogens with one attached hydrogen (secondary N) is 1. The molecule has 0 aromatic carbocycles. The number of rotatable bonds is 1. The van der Waals surface area contributed by atoms with Gasteiger partial charge in [-0.3, -0.25) is 4.79 Å². The molecule has 0 bridgehead atoms. The number of hydrogen-bond donors (Lipinski definition) is 0. The van der Waals surface area contributed by atoms with E-state index in [-0.39, 0.29) is 29.6 Å². The molecule has 0 saturated carbocycles. The van der Waals surface area contributed by atoms with Gasteiger partial charge in [-0.2, -0.15) is 0 Å². The standard InChI is InChI=1S/C4H8NO2.Na/c1-3(5)4(6)7-2;/h3,5H,1-2H3;/q-1;+1/t3-;/m0./s1. The van der Waals surface area contributed by atoms with Crippen molar-refractivity contribution in [2.45, 2.75) is 13.0 Å². The molecule has 0 aromatic heterocycles. The summed E-state index contributed by atoms with van der Waals surface area (Å²) in [5.41, 5.74) is 6.71. The molecule has 1 N–H and O–H groups in total. The Morgan fingerprint density at radius 1 is 1.75 bits per heavy atom. The fourth-order valence-corrected chi connectivity index (χ4v) is 0.177. The third-order valence-electron chi connectivity index (χ3n) is 0.555. The minimum atomic E-state index is -0.745. The van der Waals surface area contributed by atoms with E-state index in [2.05, 4.69) is 4.74 Å².